The van der Waals surface area contributed by atoms with Gasteiger partial charge in [0.25, 0.3) is 5.91 Å². The summed E-state index contributed by atoms with van der Waals surface area (Å²) in [4.78, 5) is 27.9. The molecule has 0 saturated heterocycles. The molecule has 2 aromatic rings. The summed E-state index contributed by atoms with van der Waals surface area (Å²) in [5, 5.41) is 12.7. The van der Waals surface area contributed by atoms with Gasteiger partial charge in [-0.2, -0.15) is 0 Å². The lowest BCUT2D eigenvalue weighted by Gasteiger charge is -2.26. The average molecular weight is 383 g/mol. The van der Waals surface area contributed by atoms with Crippen molar-refractivity contribution in [3.63, 3.8) is 0 Å². The van der Waals surface area contributed by atoms with E-state index in [2.05, 4.69) is 16.4 Å². The molecule has 1 amide bonds. The van der Waals surface area contributed by atoms with Gasteiger partial charge in [0.05, 0.1) is 17.1 Å². The van der Waals surface area contributed by atoms with Gasteiger partial charge in [0.15, 0.2) is 0 Å². The number of allylic oxidation sites excluding steroid dienone is 1. The molecule has 28 heavy (non-hydrogen) atoms. The number of hydrogen-bond donors (Lipinski definition) is 3. The van der Waals surface area contributed by atoms with Crippen LogP contribution in [0, 0.1) is 0 Å². The Labute approximate surface area is 164 Å². The highest BCUT2D eigenvalue weighted by Crippen LogP contribution is 2.30. The van der Waals surface area contributed by atoms with E-state index < -0.39 is 0 Å². The van der Waals surface area contributed by atoms with Crippen LogP contribution in [0.4, 0.5) is 0 Å². The molecule has 0 spiro atoms. The lowest BCUT2D eigenvalue weighted by atomic mass is 9.93. The fourth-order valence-electron chi connectivity index (χ4n) is 4.52. The second kappa shape index (κ2) is 8.35. The number of aliphatic hydroxyl groups excluding tert-OH is 1. The van der Waals surface area contributed by atoms with Crippen LogP contribution in [0.5, 0.6) is 0 Å². The highest BCUT2D eigenvalue weighted by Gasteiger charge is 2.24. The number of aromatic nitrogens is 2. The molecule has 2 aliphatic rings. The van der Waals surface area contributed by atoms with Gasteiger partial charge >= 0.3 is 5.69 Å². The van der Waals surface area contributed by atoms with Gasteiger partial charge < -0.3 is 15.4 Å². The van der Waals surface area contributed by atoms with E-state index in [1.807, 2.05) is 6.07 Å². The maximum Gasteiger partial charge on any atom is 0.326 e. The standard InChI is InChI=1S/C22H29N3O3/c26-18-9-7-17(8-10-18)25-20-11-6-16(14-19(20)24-22(25)28)21(27)23-13-12-15-4-2-1-3-5-15/h4,6,11,14,17-18,26H,1-3,5,7-10,12-13H2,(H,23,27)(H,24,28). The molecule has 0 radical (unpaired) electrons. The Kier molecular flexibility index (Phi) is 5.67. The van der Waals surface area contributed by atoms with E-state index in [9.17, 15) is 14.7 Å². The van der Waals surface area contributed by atoms with Crippen molar-refractivity contribution in [3.8, 4) is 0 Å². The number of hydrogen-bond acceptors (Lipinski definition) is 3. The van der Waals surface area contributed by atoms with E-state index in [1.165, 1.54) is 18.4 Å². The van der Waals surface area contributed by atoms with Gasteiger partial charge in [0.2, 0.25) is 0 Å². The number of benzene rings is 1. The number of rotatable bonds is 5. The number of carbonyl (C=O) groups is 1. The van der Waals surface area contributed by atoms with Crippen molar-refractivity contribution in [1.82, 2.24) is 14.9 Å². The second-order valence-electron chi connectivity index (χ2n) is 8.11. The first kappa shape index (κ1) is 19.0. The number of imidazole rings is 1. The number of aliphatic hydroxyl groups is 1. The van der Waals surface area contributed by atoms with Crippen molar-refractivity contribution in [2.45, 2.75) is 69.9 Å². The van der Waals surface area contributed by atoms with Crippen LogP contribution in [0.2, 0.25) is 0 Å². The number of nitrogens with zero attached hydrogens (tertiary/aromatic N) is 1. The van der Waals surface area contributed by atoms with Gasteiger partial charge in [-0.1, -0.05) is 11.6 Å². The number of amides is 1. The molecule has 4 rings (SSSR count). The van der Waals surface area contributed by atoms with Crippen LogP contribution >= 0.6 is 0 Å². The van der Waals surface area contributed by atoms with Crippen molar-refractivity contribution in [2.75, 3.05) is 6.54 Å². The predicted molar refractivity (Wildman–Crippen MR) is 110 cm³/mol. The van der Waals surface area contributed by atoms with Crippen LogP contribution in [-0.2, 0) is 0 Å². The Bertz CT molecular complexity index is 932. The van der Waals surface area contributed by atoms with Gasteiger partial charge in [-0.05, 0) is 76.0 Å². The smallest absolute Gasteiger partial charge is 0.326 e. The van der Waals surface area contributed by atoms with Crippen LogP contribution in [0.3, 0.4) is 0 Å². The van der Waals surface area contributed by atoms with Gasteiger partial charge in [0.1, 0.15) is 0 Å². The van der Waals surface area contributed by atoms with Crippen LogP contribution in [0.15, 0.2) is 34.6 Å². The Morgan fingerprint density at radius 3 is 2.79 bits per heavy atom. The highest BCUT2D eigenvalue weighted by atomic mass is 16.3. The van der Waals surface area contributed by atoms with Crippen LogP contribution < -0.4 is 11.0 Å². The van der Waals surface area contributed by atoms with Crippen molar-refractivity contribution < 1.29 is 9.90 Å². The van der Waals surface area contributed by atoms with E-state index >= 15 is 0 Å². The third kappa shape index (κ3) is 4.07. The summed E-state index contributed by atoms with van der Waals surface area (Å²) in [5.74, 6) is -0.104. The Morgan fingerprint density at radius 1 is 1.21 bits per heavy atom. The van der Waals surface area contributed by atoms with Crippen molar-refractivity contribution >= 4 is 16.9 Å². The zero-order valence-corrected chi connectivity index (χ0v) is 16.2. The molecule has 0 aliphatic heterocycles. The SMILES string of the molecule is O=C(NCCC1=CCCCC1)c1ccc2c(c1)[nH]c(=O)n2C1CCC(O)CC1. The minimum Gasteiger partial charge on any atom is -0.393 e. The Balaban J connectivity index is 1.45. The van der Waals surface area contributed by atoms with Gasteiger partial charge in [0, 0.05) is 18.2 Å². The molecule has 1 aromatic heterocycles. The third-order valence-corrected chi connectivity index (χ3v) is 6.13. The monoisotopic (exact) mass is 383 g/mol. The van der Waals surface area contributed by atoms with E-state index in [4.69, 9.17) is 0 Å². The van der Waals surface area contributed by atoms with Gasteiger partial charge in [-0.3, -0.25) is 9.36 Å². The normalized spacial score (nSPS) is 22.8. The van der Waals surface area contributed by atoms with E-state index in [1.54, 1.807) is 16.7 Å². The summed E-state index contributed by atoms with van der Waals surface area (Å²) < 4.78 is 1.79. The van der Waals surface area contributed by atoms with Gasteiger partial charge in [-0.25, -0.2) is 4.79 Å². The highest BCUT2D eigenvalue weighted by molar-refractivity contribution is 5.97. The molecule has 0 atom stereocenters. The molecule has 1 saturated carbocycles. The minimum atomic E-state index is -0.253. The first-order valence-electron chi connectivity index (χ1n) is 10.5. The van der Waals surface area contributed by atoms with Crippen molar-refractivity contribution in [2.24, 2.45) is 0 Å². The first-order valence-corrected chi connectivity index (χ1v) is 10.5. The number of fused-ring (bicyclic) bond motifs is 1. The molecule has 0 bridgehead atoms. The molecule has 150 valence electrons. The Hall–Kier alpha value is -2.34. The number of carbonyl (C=O) groups excluding carboxylic acids is 1. The maximum atomic E-state index is 12.5. The Morgan fingerprint density at radius 2 is 2.04 bits per heavy atom. The molecular formula is C22H29N3O3. The van der Waals surface area contributed by atoms with Crippen LogP contribution in [0.1, 0.15) is 74.2 Å². The number of H-pyrrole nitrogens is 1. The quantitative estimate of drug-likeness (QED) is 0.691. The molecule has 1 aromatic carbocycles. The largest absolute Gasteiger partial charge is 0.393 e. The summed E-state index contributed by atoms with van der Waals surface area (Å²) in [6.45, 7) is 0.643. The van der Waals surface area contributed by atoms with Crippen LogP contribution in [-0.4, -0.2) is 33.2 Å². The van der Waals surface area contributed by atoms with Crippen molar-refractivity contribution in [3.05, 3.63) is 45.9 Å². The van der Waals surface area contributed by atoms with E-state index in [0.717, 1.165) is 50.5 Å². The molecule has 1 fully saturated rings. The zero-order valence-electron chi connectivity index (χ0n) is 16.2. The topological polar surface area (TPSA) is 87.1 Å². The van der Waals surface area contributed by atoms with E-state index in [-0.39, 0.29) is 23.7 Å². The fourth-order valence-corrected chi connectivity index (χ4v) is 4.52. The molecule has 2 aliphatic carbocycles. The van der Waals surface area contributed by atoms with Crippen molar-refractivity contribution in [1.29, 1.82) is 0 Å². The number of aromatic amines is 1. The summed E-state index contributed by atoms with van der Waals surface area (Å²) in [5.41, 5.74) is 3.39. The summed E-state index contributed by atoms with van der Waals surface area (Å²) in [7, 11) is 0. The minimum absolute atomic E-state index is 0.104. The van der Waals surface area contributed by atoms with Gasteiger partial charge in [-0.15, -0.1) is 0 Å². The summed E-state index contributed by atoms with van der Waals surface area (Å²) in [6, 6.07) is 5.52. The second-order valence-corrected chi connectivity index (χ2v) is 8.11. The summed E-state index contributed by atoms with van der Waals surface area (Å²) >= 11 is 0. The molecular weight excluding hydrogens is 354 g/mol. The average Bonchev–Trinajstić information content (AvgIpc) is 3.04. The predicted octanol–water partition coefficient (Wildman–Crippen LogP) is 3.43. The lowest BCUT2D eigenvalue weighted by molar-refractivity contribution is 0.0954. The van der Waals surface area contributed by atoms with Crippen LogP contribution in [0.25, 0.3) is 11.0 Å². The maximum absolute atomic E-state index is 12.5. The third-order valence-electron chi connectivity index (χ3n) is 6.13. The first-order chi connectivity index (χ1) is 13.6. The molecule has 6 nitrogen and oxygen atoms in total. The number of nitrogens with one attached hydrogen (secondary N) is 2. The van der Waals surface area contributed by atoms with E-state index in [0.29, 0.717) is 17.6 Å². The fraction of sp³-hybridized carbons (Fsp3) is 0.545. The zero-order chi connectivity index (χ0) is 19.5. The lowest BCUT2D eigenvalue weighted by Crippen LogP contribution is -2.27. The molecule has 6 heteroatoms. The molecule has 1 heterocycles. The summed E-state index contributed by atoms with van der Waals surface area (Å²) in [6.07, 6.45) is 10.8. The molecule has 3 N–H and O–H groups in total. The molecule has 0 unspecified atom stereocenters.